The third-order valence-corrected chi connectivity index (χ3v) is 4.12. The highest BCUT2D eigenvalue weighted by Gasteiger charge is 2.32. The van der Waals surface area contributed by atoms with E-state index in [9.17, 15) is 4.79 Å². The fourth-order valence-electron chi connectivity index (χ4n) is 2.64. The van der Waals surface area contributed by atoms with Crippen LogP contribution in [0.1, 0.15) is 26.2 Å². The van der Waals surface area contributed by atoms with Gasteiger partial charge in [0.15, 0.2) is 11.5 Å². The van der Waals surface area contributed by atoms with Crippen LogP contribution >= 0.6 is 0 Å². The second-order valence-corrected chi connectivity index (χ2v) is 5.92. The number of nitrogens with one attached hydrogen (secondary N) is 1. The van der Waals surface area contributed by atoms with Crippen LogP contribution in [0.15, 0.2) is 22.6 Å². The predicted octanol–water partition coefficient (Wildman–Crippen LogP) is 3.17. The Labute approximate surface area is 129 Å². The number of benzene rings is 1. The van der Waals surface area contributed by atoms with Gasteiger partial charge in [0.2, 0.25) is 0 Å². The van der Waals surface area contributed by atoms with E-state index in [1.54, 1.807) is 11.8 Å². The zero-order valence-electron chi connectivity index (χ0n) is 13.2. The Balaban J connectivity index is 1.72. The first-order valence-corrected chi connectivity index (χ1v) is 7.56. The first-order valence-electron chi connectivity index (χ1n) is 7.56. The zero-order valence-corrected chi connectivity index (χ0v) is 13.2. The van der Waals surface area contributed by atoms with Crippen molar-refractivity contribution in [1.82, 2.24) is 9.88 Å². The fraction of sp³-hybridized carbons (Fsp3) is 0.500. The van der Waals surface area contributed by atoms with Crippen molar-refractivity contribution in [3.05, 3.63) is 24.1 Å². The maximum Gasteiger partial charge on any atom is 0.322 e. The Bertz CT molecular complexity index is 697. The minimum Gasteiger partial charge on any atom is -0.441 e. The molecule has 0 saturated carbocycles. The van der Waals surface area contributed by atoms with E-state index in [0.717, 1.165) is 23.2 Å². The van der Waals surface area contributed by atoms with Gasteiger partial charge in [-0.3, -0.25) is 0 Å². The van der Waals surface area contributed by atoms with E-state index in [4.69, 9.17) is 9.15 Å². The normalized spacial score (nSPS) is 22.0. The van der Waals surface area contributed by atoms with E-state index >= 15 is 0 Å². The van der Waals surface area contributed by atoms with Gasteiger partial charge in [0, 0.05) is 19.2 Å². The van der Waals surface area contributed by atoms with Crippen molar-refractivity contribution in [3.63, 3.8) is 0 Å². The van der Waals surface area contributed by atoms with Crippen LogP contribution in [0.2, 0.25) is 0 Å². The topological polar surface area (TPSA) is 67.6 Å². The molecular formula is C16H21N3O3. The summed E-state index contributed by atoms with van der Waals surface area (Å²) >= 11 is 0. The van der Waals surface area contributed by atoms with E-state index in [-0.39, 0.29) is 11.6 Å². The number of oxazole rings is 1. The number of morpholine rings is 1. The van der Waals surface area contributed by atoms with Gasteiger partial charge in [0.1, 0.15) is 5.52 Å². The number of carbonyl (C=O) groups excluding carboxylic acids is 1. The van der Waals surface area contributed by atoms with Crippen molar-refractivity contribution < 1.29 is 13.9 Å². The van der Waals surface area contributed by atoms with Gasteiger partial charge in [-0.05, 0) is 31.5 Å². The molecule has 0 spiro atoms. The Morgan fingerprint density at radius 3 is 3.09 bits per heavy atom. The zero-order chi connectivity index (χ0) is 15.7. The van der Waals surface area contributed by atoms with Crippen LogP contribution in [0.5, 0.6) is 0 Å². The molecular weight excluding hydrogens is 282 g/mol. The molecule has 1 saturated heterocycles. The molecule has 1 atom stereocenters. The Morgan fingerprint density at radius 2 is 2.32 bits per heavy atom. The third-order valence-electron chi connectivity index (χ3n) is 4.12. The van der Waals surface area contributed by atoms with Crippen molar-refractivity contribution >= 4 is 22.8 Å². The number of hydrogen-bond donors (Lipinski definition) is 1. The first-order chi connectivity index (χ1) is 10.5. The molecule has 1 aromatic carbocycles. The molecule has 2 heterocycles. The summed E-state index contributed by atoms with van der Waals surface area (Å²) in [5, 5.41) is 2.92. The van der Waals surface area contributed by atoms with E-state index in [2.05, 4.69) is 17.2 Å². The van der Waals surface area contributed by atoms with Gasteiger partial charge < -0.3 is 19.4 Å². The molecule has 6 heteroatoms. The van der Waals surface area contributed by atoms with Crippen molar-refractivity contribution in [1.29, 1.82) is 0 Å². The number of nitrogens with zero attached hydrogens (tertiary/aromatic N) is 2. The Hall–Kier alpha value is -2.08. The Kier molecular flexibility index (Phi) is 3.78. The first kappa shape index (κ1) is 14.8. The third kappa shape index (κ3) is 2.92. The number of rotatable bonds is 2. The number of urea groups is 1. The molecule has 1 aromatic heterocycles. The van der Waals surface area contributed by atoms with Gasteiger partial charge in [-0.2, -0.15) is 0 Å². The van der Waals surface area contributed by atoms with Gasteiger partial charge in [-0.15, -0.1) is 0 Å². The van der Waals surface area contributed by atoms with Crippen molar-refractivity contribution in [2.75, 3.05) is 25.0 Å². The lowest BCUT2D eigenvalue weighted by Crippen LogP contribution is -2.53. The fourth-order valence-corrected chi connectivity index (χ4v) is 2.64. The highest BCUT2D eigenvalue weighted by Crippen LogP contribution is 2.23. The molecule has 6 nitrogen and oxygen atoms in total. The van der Waals surface area contributed by atoms with Crippen LogP contribution < -0.4 is 5.32 Å². The number of aryl methyl sites for hydroxylation is 1. The average Bonchev–Trinajstić information content (AvgIpc) is 2.86. The molecule has 0 radical (unpaired) electrons. The molecule has 0 aliphatic carbocycles. The molecule has 1 N–H and O–H groups in total. The number of ether oxygens (including phenoxy) is 1. The van der Waals surface area contributed by atoms with Gasteiger partial charge in [-0.25, -0.2) is 9.78 Å². The van der Waals surface area contributed by atoms with E-state index in [0.29, 0.717) is 25.6 Å². The van der Waals surface area contributed by atoms with Crippen molar-refractivity contribution in [2.24, 2.45) is 0 Å². The molecule has 2 aromatic rings. The summed E-state index contributed by atoms with van der Waals surface area (Å²) in [6, 6.07) is 5.36. The van der Waals surface area contributed by atoms with Crippen molar-refractivity contribution in [2.45, 2.75) is 32.8 Å². The number of amides is 2. The highest BCUT2D eigenvalue weighted by molar-refractivity contribution is 5.91. The number of fused-ring (bicyclic) bond motifs is 1. The summed E-state index contributed by atoms with van der Waals surface area (Å²) in [5.41, 5.74) is 1.93. The molecule has 2 amide bonds. The van der Waals surface area contributed by atoms with Crippen LogP contribution in [0, 0.1) is 6.92 Å². The van der Waals surface area contributed by atoms with Gasteiger partial charge in [-0.1, -0.05) is 6.92 Å². The lowest BCUT2D eigenvalue weighted by atomic mass is 10.0. The SMILES string of the molecule is CC[C@@]1(C)CN(C(=O)Nc2ccc3oc(C)nc3c2)CCO1. The van der Waals surface area contributed by atoms with Gasteiger partial charge in [0.25, 0.3) is 0 Å². The maximum absolute atomic E-state index is 12.4. The standard InChI is InChI=1S/C16H21N3O3/c1-4-16(3)10-19(7-8-21-16)15(20)18-12-5-6-14-13(9-12)17-11(2)22-14/h5-6,9H,4,7-8,10H2,1-3H3,(H,18,20)/t16-/m0/s1. The number of aromatic nitrogens is 1. The van der Waals surface area contributed by atoms with Crippen LogP contribution in [0.3, 0.4) is 0 Å². The summed E-state index contributed by atoms with van der Waals surface area (Å²) in [6.07, 6.45) is 0.876. The van der Waals surface area contributed by atoms with E-state index in [1.165, 1.54) is 0 Å². The minimum atomic E-state index is -0.261. The minimum absolute atomic E-state index is 0.109. The molecule has 0 unspecified atom stereocenters. The molecule has 1 fully saturated rings. The number of hydrogen-bond acceptors (Lipinski definition) is 4. The predicted molar refractivity (Wildman–Crippen MR) is 84.0 cm³/mol. The van der Waals surface area contributed by atoms with E-state index < -0.39 is 0 Å². The lowest BCUT2D eigenvalue weighted by Gasteiger charge is -2.39. The second kappa shape index (κ2) is 5.61. The summed E-state index contributed by atoms with van der Waals surface area (Å²) in [7, 11) is 0. The van der Waals surface area contributed by atoms with Crippen LogP contribution in [-0.4, -0.2) is 41.2 Å². The lowest BCUT2D eigenvalue weighted by molar-refractivity contribution is -0.0860. The monoisotopic (exact) mass is 303 g/mol. The van der Waals surface area contributed by atoms with Gasteiger partial charge in [0.05, 0.1) is 18.8 Å². The number of carbonyl (C=O) groups is 1. The molecule has 1 aliphatic rings. The summed E-state index contributed by atoms with van der Waals surface area (Å²) < 4.78 is 11.2. The average molecular weight is 303 g/mol. The van der Waals surface area contributed by atoms with Crippen LogP contribution in [0.4, 0.5) is 10.5 Å². The maximum atomic E-state index is 12.4. The highest BCUT2D eigenvalue weighted by atomic mass is 16.5. The molecule has 1 aliphatic heterocycles. The van der Waals surface area contributed by atoms with Crippen LogP contribution in [0.25, 0.3) is 11.1 Å². The molecule has 22 heavy (non-hydrogen) atoms. The Morgan fingerprint density at radius 1 is 1.50 bits per heavy atom. The second-order valence-electron chi connectivity index (χ2n) is 5.92. The molecule has 0 bridgehead atoms. The molecule has 118 valence electrons. The van der Waals surface area contributed by atoms with Gasteiger partial charge >= 0.3 is 6.03 Å². The summed E-state index contributed by atoms with van der Waals surface area (Å²) in [5.74, 6) is 0.616. The van der Waals surface area contributed by atoms with Crippen molar-refractivity contribution in [3.8, 4) is 0 Å². The van der Waals surface area contributed by atoms with Crippen LogP contribution in [-0.2, 0) is 4.74 Å². The largest absolute Gasteiger partial charge is 0.441 e. The summed E-state index contributed by atoms with van der Waals surface area (Å²) in [6.45, 7) is 7.68. The summed E-state index contributed by atoms with van der Waals surface area (Å²) in [4.78, 5) is 18.5. The number of anilines is 1. The smallest absolute Gasteiger partial charge is 0.322 e. The quantitative estimate of drug-likeness (QED) is 0.925. The van der Waals surface area contributed by atoms with E-state index in [1.807, 2.05) is 25.1 Å². The molecule has 3 rings (SSSR count).